The van der Waals surface area contributed by atoms with Gasteiger partial charge in [0.25, 0.3) is 0 Å². The van der Waals surface area contributed by atoms with Crippen LogP contribution in [0.15, 0.2) is 23.9 Å². The molecule has 168 valence electrons. The van der Waals surface area contributed by atoms with Crippen LogP contribution in [0.3, 0.4) is 0 Å². The number of allylic oxidation sites excluding steroid dienone is 1. The molecule has 0 aliphatic heterocycles. The molecular weight excluding hydrogens is 463 g/mol. The Morgan fingerprint density at radius 1 is 1.03 bits per heavy atom. The summed E-state index contributed by atoms with van der Waals surface area (Å²) in [5.74, 6) is -0.911. The van der Waals surface area contributed by atoms with Crippen LogP contribution in [-0.2, 0) is 24.5 Å². The molecule has 1 rings (SSSR count). The second-order valence-corrected chi connectivity index (χ2v) is 12.3. The highest BCUT2D eigenvalue weighted by Gasteiger charge is 2.42. The second-order valence-electron chi connectivity index (χ2n) is 7.01. The van der Waals surface area contributed by atoms with Crippen molar-refractivity contribution in [1.82, 2.24) is 9.80 Å². The summed E-state index contributed by atoms with van der Waals surface area (Å²) < 4.78 is 46.1. The van der Waals surface area contributed by atoms with Crippen LogP contribution in [0.5, 0.6) is 0 Å². The number of carbonyl (C=O) groups is 1. The minimum Gasteiger partial charge on any atom is -0.480 e. The lowest BCUT2D eigenvalue weighted by atomic mass is 9.88. The van der Waals surface area contributed by atoms with E-state index < -0.39 is 31.2 Å². The third kappa shape index (κ3) is 8.45. The van der Waals surface area contributed by atoms with Gasteiger partial charge < -0.3 is 10.0 Å². The van der Waals surface area contributed by atoms with Crippen LogP contribution in [0.1, 0.15) is 6.42 Å². The zero-order valence-corrected chi connectivity index (χ0v) is 19.7. The molecule has 8 nitrogen and oxygen atoms in total. The van der Waals surface area contributed by atoms with E-state index in [-0.39, 0.29) is 49.3 Å². The lowest BCUT2D eigenvalue weighted by molar-refractivity contribution is -0.148. The van der Waals surface area contributed by atoms with Gasteiger partial charge in [-0.25, -0.2) is 21.6 Å². The third-order valence-electron chi connectivity index (χ3n) is 4.62. The first-order valence-corrected chi connectivity index (χ1v) is 14.1. The molecule has 0 heterocycles. The molecule has 0 aromatic heterocycles. The summed E-state index contributed by atoms with van der Waals surface area (Å²) in [7, 11) is -6.44. The molecule has 0 radical (unpaired) electrons. The number of alkyl halides is 2. The molecule has 1 N–H and O–H groups in total. The summed E-state index contributed by atoms with van der Waals surface area (Å²) in [6.45, 7) is 0.884. The molecule has 0 spiro atoms. The topological polar surface area (TPSA) is 112 Å². The van der Waals surface area contributed by atoms with E-state index in [0.29, 0.717) is 12.2 Å². The largest absolute Gasteiger partial charge is 0.480 e. The summed E-state index contributed by atoms with van der Waals surface area (Å²) in [6.07, 6.45) is 7.19. The molecule has 1 unspecified atom stereocenters. The molecule has 0 saturated carbocycles. The van der Waals surface area contributed by atoms with Gasteiger partial charge in [-0.15, -0.1) is 23.2 Å². The number of hydrogen-bond donors (Lipinski definition) is 1. The normalized spacial score (nSPS) is 20.0. The van der Waals surface area contributed by atoms with Crippen molar-refractivity contribution in [1.29, 1.82) is 0 Å². The van der Waals surface area contributed by atoms with E-state index in [9.17, 15) is 26.7 Å². The summed E-state index contributed by atoms with van der Waals surface area (Å²) in [6, 6.07) is 0. The first-order chi connectivity index (χ1) is 13.3. The summed E-state index contributed by atoms with van der Waals surface area (Å²) in [5, 5.41) is 9.92. The lowest BCUT2D eigenvalue weighted by Crippen LogP contribution is -2.56. The Morgan fingerprint density at radius 3 is 2.00 bits per heavy atom. The average Bonchev–Trinajstić information content (AvgIpc) is 2.60. The highest BCUT2D eigenvalue weighted by molar-refractivity contribution is 7.90. The van der Waals surface area contributed by atoms with Crippen LogP contribution in [-0.4, -0.2) is 105 Å². The lowest BCUT2D eigenvalue weighted by Gasteiger charge is -2.40. The van der Waals surface area contributed by atoms with E-state index in [0.717, 1.165) is 12.5 Å². The van der Waals surface area contributed by atoms with Crippen molar-refractivity contribution in [2.75, 3.05) is 62.0 Å². The maximum Gasteiger partial charge on any atom is 0.328 e. The monoisotopic (exact) mass is 490 g/mol. The summed E-state index contributed by atoms with van der Waals surface area (Å²) in [4.78, 5) is 15.5. The molecule has 0 aromatic carbocycles. The van der Waals surface area contributed by atoms with Crippen LogP contribution in [0, 0.1) is 0 Å². The average molecular weight is 491 g/mol. The minimum absolute atomic E-state index is 0.0326. The number of sulfone groups is 2. The van der Waals surface area contributed by atoms with Crippen LogP contribution in [0.25, 0.3) is 0 Å². The predicted octanol–water partition coefficient (Wildman–Crippen LogP) is 0.824. The minimum atomic E-state index is -3.28. The highest BCUT2D eigenvalue weighted by atomic mass is 35.5. The smallest absolute Gasteiger partial charge is 0.328 e. The molecule has 29 heavy (non-hydrogen) atoms. The zero-order valence-electron chi connectivity index (χ0n) is 16.6. The Morgan fingerprint density at radius 2 is 1.59 bits per heavy atom. The van der Waals surface area contributed by atoms with Crippen molar-refractivity contribution >= 4 is 48.8 Å². The maximum atomic E-state index is 12.1. The van der Waals surface area contributed by atoms with Crippen molar-refractivity contribution < 1.29 is 26.7 Å². The molecule has 0 bridgehead atoms. The van der Waals surface area contributed by atoms with Crippen LogP contribution in [0.4, 0.5) is 0 Å². The van der Waals surface area contributed by atoms with Gasteiger partial charge in [0.2, 0.25) is 0 Å². The van der Waals surface area contributed by atoms with Gasteiger partial charge in [-0.05, 0) is 6.08 Å². The quantitative estimate of drug-likeness (QED) is 0.377. The zero-order chi connectivity index (χ0) is 22.3. The molecule has 0 saturated heterocycles. The first kappa shape index (κ1) is 26.2. The molecule has 1 aliphatic carbocycles. The Balaban J connectivity index is 3.10. The maximum absolute atomic E-state index is 12.1. The van der Waals surface area contributed by atoms with E-state index in [1.807, 2.05) is 0 Å². The standard InChI is InChI=1S/C17H28Cl2N2O6S2/c1-28(24,25)13-11-20(9-7-18)15-3-5-17(6-4-15,16(22)23)21(10-8-19)12-14-29(2,26)27/h3-5H,6-14H2,1-2H3,(H,22,23). The molecule has 12 heteroatoms. The molecule has 0 aromatic rings. The van der Waals surface area contributed by atoms with Crippen molar-refractivity contribution in [2.45, 2.75) is 12.0 Å². The fraction of sp³-hybridized carbons (Fsp3) is 0.706. The van der Waals surface area contributed by atoms with Gasteiger partial charge in [0, 0.05) is 62.6 Å². The van der Waals surface area contributed by atoms with Gasteiger partial charge in [-0.1, -0.05) is 12.2 Å². The summed E-state index contributed by atoms with van der Waals surface area (Å²) in [5.41, 5.74) is -0.743. The molecule has 1 atom stereocenters. The predicted molar refractivity (Wildman–Crippen MR) is 116 cm³/mol. The number of hydrogen-bond acceptors (Lipinski definition) is 7. The van der Waals surface area contributed by atoms with Gasteiger partial charge in [-0.3, -0.25) is 4.90 Å². The molecular formula is C17H28Cl2N2O6S2. The fourth-order valence-electron chi connectivity index (χ4n) is 3.02. The Labute approximate surface area is 183 Å². The number of carboxylic acids is 1. The number of rotatable bonds is 13. The molecule has 0 fully saturated rings. The molecule has 1 aliphatic rings. The Kier molecular flexibility index (Phi) is 9.94. The SMILES string of the molecule is CS(=O)(=O)CCN(CCCl)C1=CCC(C(=O)O)(N(CCCl)CCS(C)(=O)=O)C=C1. The third-order valence-corrected chi connectivity index (χ3v) is 6.81. The van der Waals surface area contributed by atoms with Gasteiger partial charge in [0.05, 0.1) is 11.5 Å². The fourth-order valence-corrected chi connectivity index (χ4v) is 4.53. The van der Waals surface area contributed by atoms with Gasteiger partial charge in [-0.2, -0.15) is 0 Å². The van der Waals surface area contributed by atoms with Crippen molar-refractivity contribution in [3.63, 3.8) is 0 Å². The Bertz CT molecular complexity index is 842. The van der Waals surface area contributed by atoms with Crippen molar-refractivity contribution in [3.05, 3.63) is 23.9 Å². The van der Waals surface area contributed by atoms with Crippen LogP contribution in [0.2, 0.25) is 0 Å². The van der Waals surface area contributed by atoms with E-state index in [2.05, 4.69) is 0 Å². The van der Waals surface area contributed by atoms with E-state index in [1.165, 1.54) is 6.08 Å². The van der Waals surface area contributed by atoms with Gasteiger partial charge in [0.1, 0.15) is 25.2 Å². The van der Waals surface area contributed by atoms with Gasteiger partial charge >= 0.3 is 5.97 Å². The van der Waals surface area contributed by atoms with Crippen LogP contribution >= 0.6 is 23.2 Å². The number of carboxylic acid groups (broad SMARTS) is 1. The van der Waals surface area contributed by atoms with E-state index in [4.69, 9.17) is 23.2 Å². The molecule has 0 amide bonds. The van der Waals surface area contributed by atoms with E-state index >= 15 is 0 Å². The number of halogens is 2. The second kappa shape index (κ2) is 11.0. The van der Waals surface area contributed by atoms with Gasteiger partial charge in [0.15, 0.2) is 0 Å². The number of nitrogens with zero attached hydrogens (tertiary/aromatic N) is 2. The Hall–Kier alpha value is -0.810. The number of aliphatic carboxylic acids is 1. The first-order valence-electron chi connectivity index (χ1n) is 8.95. The van der Waals surface area contributed by atoms with Crippen LogP contribution < -0.4 is 0 Å². The van der Waals surface area contributed by atoms with Crippen molar-refractivity contribution in [3.8, 4) is 0 Å². The highest BCUT2D eigenvalue weighted by Crippen LogP contribution is 2.29. The van der Waals surface area contributed by atoms with E-state index in [1.54, 1.807) is 22.0 Å². The summed E-state index contributed by atoms with van der Waals surface area (Å²) >= 11 is 11.7. The van der Waals surface area contributed by atoms with Crippen molar-refractivity contribution in [2.24, 2.45) is 0 Å².